The Labute approximate surface area is 147 Å². The first-order chi connectivity index (χ1) is 11.5. The number of halogens is 4. The molecular weight excluding hydrogens is 381 g/mol. The Morgan fingerprint density at radius 1 is 1.28 bits per heavy atom. The third kappa shape index (κ3) is 4.69. The highest BCUT2D eigenvalue weighted by molar-refractivity contribution is 7.85. The van der Waals surface area contributed by atoms with Crippen LogP contribution in [0.2, 0.25) is 5.02 Å². The van der Waals surface area contributed by atoms with Gasteiger partial charge in [-0.3, -0.25) is 9.54 Å². The molecular formula is C15H14ClF3N2O3S. The van der Waals surface area contributed by atoms with Gasteiger partial charge in [0.1, 0.15) is 0 Å². The molecule has 0 saturated carbocycles. The lowest BCUT2D eigenvalue weighted by atomic mass is 10.0. The molecule has 1 aromatic heterocycles. The fourth-order valence-corrected chi connectivity index (χ4v) is 2.98. The van der Waals surface area contributed by atoms with E-state index in [1.165, 1.54) is 24.3 Å². The molecule has 0 aliphatic heterocycles. The molecule has 0 amide bonds. The minimum absolute atomic E-state index is 0.167. The lowest BCUT2D eigenvalue weighted by Crippen LogP contribution is -2.23. The van der Waals surface area contributed by atoms with Gasteiger partial charge < -0.3 is 5.32 Å². The molecule has 1 atom stereocenters. The van der Waals surface area contributed by atoms with Gasteiger partial charge in [-0.05, 0) is 30.3 Å². The Balaban J connectivity index is 2.45. The van der Waals surface area contributed by atoms with Crippen LogP contribution in [0, 0.1) is 0 Å². The number of nitrogens with zero attached hydrogens (tertiary/aromatic N) is 1. The molecule has 5 nitrogen and oxygen atoms in total. The van der Waals surface area contributed by atoms with E-state index >= 15 is 0 Å². The normalized spacial score (nSPS) is 13.7. The van der Waals surface area contributed by atoms with E-state index < -0.39 is 27.9 Å². The van der Waals surface area contributed by atoms with Crippen molar-refractivity contribution >= 4 is 21.7 Å². The topological polar surface area (TPSA) is 79.3 Å². The number of benzene rings is 1. The summed E-state index contributed by atoms with van der Waals surface area (Å²) in [7, 11) is -4.34. The van der Waals surface area contributed by atoms with Crippen LogP contribution in [0.1, 0.15) is 29.8 Å². The Morgan fingerprint density at radius 3 is 2.32 bits per heavy atom. The highest BCUT2D eigenvalue weighted by atomic mass is 35.5. The van der Waals surface area contributed by atoms with Crippen molar-refractivity contribution in [1.82, 2.24) is 10.3 Å². The molecule has 1 unspecified atom stereocenters. The SMILES string of the molecule is CCNC(c1ccc(S(=O)(=O)O)cc1)c1ncc(C(F)(F)F)cc1Cl. The fraction of sp³-hybridized carbons (Fsp3) is 0.267. The van der Waals surface area contributed by atoms with Crippen molar-refractivity contribution in [3.63, 3.8) is 0 Å². The summed E-state index contributed by atoms with van der Waals surface area (Å²) in [6, 6.07) is 5.37. The summed E-state index contributed by atoms with van der Waals surface area (Å²) in [5.74, 6) is 0. The van der Waals surface area contributed by atoms with E-state index in [0.29, 0.717) is 18.3 Å². The molecule has 0 spiro atoms. The molecule has 2 N–H and O–H groups in total. The Bertz CT molecular complexity index is 855. The van der Waals surface area contributed by atoms with Crippen LogP contribution in [0.5, 0.6) is 0 Å². The highest BCUT2D eigenvalue weighted by Crippen LogP contribution is 2.34. The van der Waals surface area contributed by atoms with E-state index in [1.54, 1.807) is 6.92 Å². The lowest BCUT2D eigenvalue weighted by Gasteiger charge is -2.20. The van der Waals surface area contributed by atoms with Gasteiger partial charge in [-0.15, -0.1) is 0 Å². The summed E-state index contributed by atoms with van der Waals surface area (Å²) in [6.07, 6.45) is -3.86. The maximum Gasteiger partial charge on any atom is 0.417 e. The van der Waals surface area contributed by atoms with Crippen LogP contribution in [0.3, 0.4) is 0 Å². The van der Waals surface area contributed by atoms with E-state index in [4.69, 9.17) is 16.2 Å². The van der Waals surface area contributed by atoms with Crippen LogP contribution >= 0.6 is 11.6 Å². The first kappa shape index (κ1) is 19.6. The van der Waals surface area contributed by atoms with Crippen molar-refractivity contribution in [2.75, 3.05) is 6.54 Å². The number of rotatable bonds is 5. The molecule has 2 aromatic rings. The van der Waals surface area contributed by atoms with Crippen molar-refractivity contribution in [1.29, 1.82) is 0 Å². The average Bonchev–Trinajstić information content (AvgIpc) is 2.51. The molecule has 1 aromatic carbocycles. The van der Waals surface area contributed by atoms with Gasteiger partial charge in [0.15, 0.2) is 0 Å². The Hall–Kier alpha value is -1.68. The molecule has 0 radical (unpaired) electrons. The van der Waals surface area contributed by atoms with Crippen molar-refractivity contribution in [3.05, 3.63) is 58.4 Å². The monoisotopic (exact) mass is 394 g/mol. The van der Waals surface area contributed by atoms with Gasteiger partial charge in [0.2, 0.25) is 0 Å². The summed E-state index contributed by atoms with van der Waals surface area (Å²) >= 11 is 5.98. The fourth-order valence-electron chi connectivity index (χ4n) is 2.22. The Morgan fingerprint density at radius 2 is 1.88 bits per heavy atom. The van der Waals surface area contributed by atoms with Crippen LogP contribution in [0.25, 0.3) is 0 Å². The zero-order chi connectivity index (χ0) is 18.8. The maximum atomic E-state index is 12.7. The quantitative estimate of drug-likeness (QED) is 0.756. The lowest BCUT2D eigenvalue weighted by molar-refractivity contribution is -0.137. The zero-order valence-electron chi connectivity index (χ0n) is 12.9. The summed E-state index contributed by atoms with van der Waals surface area (Å²) in [5.41, 5.74) is -0.252. The average molecular weight is 395 g/mol. The maximum absolute atomic E-state index is 12.7. The first-order valence-electron chi connectivity index (χ1n) is 7.07. The number of aromatic nitrogens is 1. The molecule has 10 heteroatoms. The van der Waals surface area contributed by atoms with E-state index in [1.807, 2.05) is 0 Å². The predicted octanol–water partition coefficient (Wildman–Crippen LogP) is 3.70. The van der Waals surface area contributed by atoms with Crippen LogP contribution in [0.4, 0.5) is 13.2 Å². The van der Waals surface area contributed by atoms with E-state index in [2.05, 4.69) is 10.3 Å². The van der Waals surface area contributed by atoms with Crippen molar-refractivity contribution in [3.8, 4) is 0 Å². The second-order valence-corrected chi connectivity index (χ2v) is 6.95. The first-order valence-corrected chi connectivity index (χ1v) is 8.89. The summed E-state index contributed by atoms with van der Waals surface area (Å²) in [6.45, 7) is 2.25. The van der Waals surface area contributed by atoms with E-state index in [0.717, 1.165) is 6.07 Å². The minimum Gasteiger partial charge on any atom is -0.305 e. The third-order valence-electron chi connectivity index (χ3n) is 3.39. The van der Waals surface area contributed by atoms with Gasteiger partial charge >= 0.3 is 6.18 Å². The standard InChI is InChI=1S/C15H14ClF3N2O3S/c1-2-20-13(9-3-5-11(6-4-9)25(22,23)24)14-12(16)7-10(8-21-14)15(17,18)19/h3-8,13,20H,2H2,1H3,(H,22,23,24). The molecule has 25 heavy (non-hydrogen) atoms. The number of nitrogens with one attached hydrogen (secondary N) is 1. The minimum atomic E-state index is -4.56. The largest absolute Gasteiger partial charge is 0.417 e. The number of pyridine rings is 1. The summed E-state index contributed by atoms with van der Waals surface area (Å²) in [4.78, 5) is 3.54. The van der Waals surface area contributed by atoms with Gasteiger partial charge in [-0.2, -0.15) is 21.6 Å². The molecule has 0 fully saturated rings. The van der Waals surface area contributed by atoms with Crippen molar-refractivity contribution < 1.29 is 26.1 Å². The zero-order valence-corrected chi connectivity index (χ0v) is 14.5. The summed E-state index contributed by atoms with van der Waals surface area (Å²) in [5, 5.41) is 2.87. The van der Waals surface area contributed by atoms with Gasteiger partial charge in [0.05, 0.1) is 27.2 Å². The molecule has 2 rings (SSSR count). The van der Waals surface area contributed by atoms with Gasteiger partial charge in [-0.25, -0.2) is 0 Å². The van der Waals surface area contributed by atoms with Crippen LogP contribution < -0.4 is 5.32 Å². The number of alkyl halides is 3. The second-order valence-electron chi connectivity index (χ2n) is 5.12. The van der Waals surface area contributed by atoms with Crippen LogP contribution in [-0.2, 0) is 16.3 Å². The highest BCUT2D eigenvalue weighted by Gasteiger charge is 2.32. The molecule has 0 bridgehead atoms. The van der Waals surface area contributed by atoms with E-state index in [-0.39, 0.29) is 15.6 Å². The van der Waals surface area contributed by atoms with Gasteiger partial charge in [0.25, 0.3) is 10.1 Å². The van der Waals surface area contributed by atoms with Crippen molar-refractivity contribution in [2.45, 2.75) is 24.0 Å². The third-order valence-corrected chi connectivity index (χ3v) is 4.56. The Kier molecular flexibility index (Phi) is 5.72. The molecule has 136 valence electrons. The van der Waals surface area contributed by atoms with Crippen LogP contribution in [-0.4, -0.2) is 24.5 Å². The van der Waals surface area contributed by atoms with Crippen molar-refractivity contribution in [2.24, 2.45) is 0 Å². The predicted molar refractivity (Wildman–Crippen MR) is 86.0 cm³/mol. The second kappa shape index (κ2) is 7.28. The number of hydrogen-bond donors (Lipinski definition) is 2. The smallest absolute Gasteiger partial charge is 0.305 e. The van der Waals surface area contributed by atoms with Gasteiger partial charge in [-0.1, -0.05) is 30.7 Å². The molecule has 0 aliphatic rings. The van der Waals surface area contributed by atoms with E-state index in [9.17, 15) is 21.6 Å². The number of hydrogen-bond acceptors (Lipinski definition) is 4. The van der Waals surface area contributed by atoms with Gasteiger partial charge in [0, 0.05) is 6.20 Å². The molecule has 1 heterocycles. The van der Waals surface area contributed by atoms with Crippen LogP contribution in [0.15, 0.2) is 41.4 Å². The molecule has 0 saturated heterocycles. The molecule has 0 aliphatic carbocycles. The summed E-state index contributed by atoms with van der Waals surface area (Å²) < 4.78 is 69.4.